The molecule has 0 spiro atoms. The molecule has 0 N–H and O–H groups in total. The van der Waals surface area contributed by atoms with Gasteiger partial charge in [-0.2, -0.15) is 0 Å². The summed E-state index contributed by atoms with van der Waals surface area (Å²) in [6.45, 7) is 1.04. The minimum absolute atomic E-state index is 0.109. The predicted molar refractivity (Wildman–Crippen MR) is 114 cm³/mol. The molecule has 0 fully saturated rings. The molecule has 0 bridgehead atoms. The van der Waals surface area contributed by atoms with E-state index in [9.17, 15) is 13.2 Å². The van der Waals surface area contributed by atoms with Gasteiger partial charge in [0.1, 0.15) is 5.52 Å². The second kappa shape index (κ2) is 8.16. The van der Waals surface area contributed by atoms with Gasteiger partial charge in [-0.1, -0.05) is 35.1 Å². The number of aromatic nitrogens is 1. The third-order valence-electron chi connectivity index (χ3n) is 4.11. The number of benzene rings is 2. The van der Waals surface area contributed by atoms with E-state index in [2.05, 4.69) is 4.98 Å². The Hall–Kier alpha value is -2.00. The number of amides is 1. The van der Waals surface area contributed by atoms with Gasteiger partial charge >= 0.3 is 0 Å². The molecule has 2 aromatic carbocycles. The average Bonchev–Trinajstić information content (AvgIpc) is 3.06. The summed E-state index contributed by atoms with van der Waals surface area (Å²) >= 11 is 7.61. The molecule has 0 aliphatic heterocycles. The second-order valence-electron chi connectivity index (χ2n) is 6.64. The molecule has 0 saturated carbocycles. The zero-order chi connectivity index (χ0) is 20.5. The minimum atomic E-state index is -3.41. The van der Waals surface area contributed by atoms with Gasteiger partial charge in [-0.25, -0.2) is 13.4 Å². The molecule has 0 atom stereocenters. The highest BCUT2D eigenvalue weighted by Crippen LogP contribution is 2.33. The normalized spacial score (nSPS) is 11.9. The van der Waals surface area contributed by atoms with Gasteiger partial charge in [0, 0.05) is 24.9 Å². The number of hydrogen-bond donors (Lipinski definition) is 0. The quantitative estimate of drug-likeness (QED) is 0.589. The Labute approximate surface area is 173 Å². The van der Waals surface area contributed by atoms with E-state index in [4.69, 9.17) is 11.6 Å². The maximum Gasteiger partial charge on any atom is 0.260 e. The van der Waals surface area contributed by atoms with Crippen molar-refractivity contribution in [3.63, 3.8) is 0 Å². The van der Waals surface area contributed by atoms with Crippen molar-refractivity contribution in [2.45, 2.75) is 4.90 Å². The van der Waals surface area contributed by atoms with E-state index in [1.54, 1.807) is 23.1 Å². The van der Waals surface area contributed by atoms with E-state index < -0.39 is 9.84 Å². The first kappa shape index (κ1) is 20.7. The Bertz CT molecular complexity index is 1130. The number of carbonyl (C=O) groups excluding carboxylic acids is 1. The summed E-state index contributed by atoms with van der Waals surface area (Å²) in [5, 5.41) is 1.05. The van der Waals surface area contributed by atoms with Crippen LogP contribution in [-0.4, -0.2) is 57.6 Å². The zero-order valence-electron chi connectivity index (χ0n) is 15.7. The molecule has 0 aliphatic carbocycles. The number of fused-ring (bicyclic) bond motifs is 1. The van der Waals surface area contributed by atoms with Gasteiger partial charge in [-0.05, 0) is 44.4 Å². The van der Waals surface area contributed by atoms with Crippen LogP contribution in [0.5, 0.6) is 0 Å². The van der Waals surface area contributed by atoms with E-state index >= 15 is 0 Å². The summed E-state index contributed by atoms with van der Waals surface area (Å²) in [6.07, 6.45) is 1.12. The van der Waals surface area contributed by atoms with E-state index in [0.29, 0.717) is 34.3 Å². The second-order valence-corrected chi connectivity index (χ2v) is 10.1. The summed E-state index contributed by atoms with van der Waals surface area (Å²) in [7, 11) is 0.427. The molecule has 0 unspecified atom stereocenters. The van der Waals surface area contributed by atoms with Crippen LogP contribution in [0.25, 0.3) is 10.2 Å². The molecule has 6 nitrogen and oxygen atoms in total. The number of sulfone groups is 1. The smallest absolute Gasteiger partial charge is 0.260 e. The molecule has 3 aromatic rings. The minimum Gasteiger partial charge on any atom is -0.308 e. The van der Waals surface area contributed by atoms with Crippen LogP contribution in [0, 0.1) is 0 Å². The fourth-order valence-electron chi connectivity index (χ4n) is 2.62. The number of thiazole rings is 1. The molecule has 1 aromatic heterocycles. The molecular weight excluding hydrogens is 418 g/mol. The van der Waals surface area contributed by atoms with Crippen LogP contribution < -0.4 is 4.90 Å². The molecule has 0 saturated heterocycles. The maximum absolute atomic E-state index is 13.2. The lowest BCUT2D eigenvalue weighted by atomic mass is 10.2. The summed E-state index contributed by atoms with van der Waals surface area (Å²) < 4.78 is 24.6. The van der Waals surface area contributed by atoms with Crippen LogP contribution in [0.2, 0.25) is 5.02 Å². The van der Waals surface area contributed by atoms with Gasteiger partial charge in [0.05, 0.1) is 14.6 Å². The predicted octanol–water partition coefficient (Wildman–Crippen LogP) is 3.56. The number of halogens is 1. The Morgan fingerprint density at radius 3 is 2.50 bits per heavy atom. The van der Waals surface area contributed by atoms with Gasteiger partial charge in [-0.15, -0.1) is 0 Å². The van der Waals surface area contributed by atoms with Crippen molar-refractivity contribution in [3.05, 3.63) is 53.1 Å². The Morgan fingerprint density at radius 2 is 1.86 bits per heavy atom. The van der Waals surface area contributed by atoms with Crippen molar-refractivity contribution in [2.24, 2.45) is 0 Å². The standard InChI is InChI=1S/C19H20ClN3O3S2/c1-22(2)10-11-23(19-21-17-15(20)8-5-9-16(17)27-19)18(24)13-6-4-7-14(12-13)28(3,25)26/h4-9,12H,10-11H2,1-3H3. The third kappa shape index (κ3) is 4.52. The summed E-state index contributed by atoms with van der Waals surface area (Å²) in [5.41, 5.74) is 0.948. The lowest BCUT2D eigenvalue weighted by Gasteiger charge is -2.22. The van der Waals surface area contributed by atoms with Crippen molar-refractivity contribution < 1.29 is 13.2 Å². The SMILES string of the molecule is CN(C)CCN(C(=O)c1cccc(S(C)(=O)=O)c1)c1nc2c(Cl)cccc2s1. The Balaban J connectivity index is 2.04. The van der Waals surface area contributed by atoms with Crippen molar-refractivity contribution in [2.75, 3.05) is 38.3 Å². The van der Waals surface area contributed by atoms with Crippen LogP contribution in [0.4, 0.5) is 5.13 Å². The number of carbonyl (C=O) groups is 1. The van der Waals surface area contributed by atoms with E-state index in [0.717, 1.165) is 11.0 Å². The Kier molecular flexibility index (Phi) is 6.04. The summed E-state index contributed by atoms with van der Waals surface area (Å²) in [5.74, 6) is -0.303. The van der Waals surface area contributed by atoms with Crippen molar-refractivity contribution in [3.8, 4) is 0 Å². The number of nitrogens with zero attached hydrogens (tertiary/aromatic N) is 3. The van der Waals surface area contributed by atoms with E-state index in [1.165, 1.54) is 23.5 Å². The van der Waals surface area contributed by atoms with Crippen LogP contribution in [0.15, 0.2) is 47.4 Å². The fourth-order valence-corrected chi connectivity index (χ4v) is 4.57. The average molecular weight is 438 g/mol. The highest BCUT2D eigenvalue weighted by atomic mass is 35.5. The van der Waals surface area contributed by atoms with Gasteiger partial charge in [-0.3, -0.25) is 9.69 Å². The van der Waals surface area contributed by atoms with Gasteiger partial charge in [0.25, 0.3) is 5.91 Å². The first-order valence-electron chi connectivity index (χ1n) is 8.48. The molecule has 3 rings (SSSR count). The maximum atomic E-state index is 13.2. The zero-order valence-corrected chi connectivity index (χ0v) is 18.1. The third-order valence-corrected chi connectivity index (χ3v) is 6.57. The fraction of sp³-hybridized carbons (Fsp3) is 0.263. The number of hydrogen-bond acceptors (Lipinski definition) is 6. The largest absolute Gasteiger partial charge is 0.308 e. The molecular formula is C19H20ClN3O3S2. The molecule has 1 heterocycles. The number of anilines is 1. The van der Waals surface area contributed by atoms with E-state index in [1.807, 2.05) is 31.1 Å². The molecule has 0 aliphatic rings. The van der Waals surface area contributed by atoms with Crippen LogP contribution in [-0.2, 0) is 9.84 Å². The highest BCUT2D eigenvalue weighted by molar-refractivity contribution is 7.90. The van der Waals surface area contributed by atoms with Crippen LogP contribution in [0.3, 0.4) is 0 Å². The van der Waals surface area contributed by atoms with Crippen molar-refractivity contribution in [1.82, 2.24) is 9.88 Å². The summed E-state index contributed by atoms with van der Waals surface area (Å²) in [6, 6.07) is 11.6. The van der Waals surface area contributed by atoms with E-state index in [-0.39, 0.29) is 10.8 Å². The van der Waals surface area contributed by atoms with Crippen LogP contribution in [0.1, 0.15) is 10.4 Å². The monoisotopic (exact) mass is 437 g/mol. The first-order valence-corrected chi connectivity index (χ1v) is 11.6. The summed E-state index contributed by atoms with van der Waals surface area (Å²) in [4.78, 5) is 21.5. The molecule has 9 heteroatoms. The topological polar surface area (TPSA) is 70.6 Å². The highest BCUT2D eigenvalue weighted by Gasteiger charge is 2.23. The molecule has 148 valence electrons. The lowest BCUT2D eigenvalue weighted by Crippen LogP contribution is -2.36. The molecule has 0 radical (unpaired) electrons. The number of para-hydroxylation sites is 1. The van der Waals surface area contributed by atoms with Crippen LogP contribution >= 0.6 is 22.9 Å². The first-order chi connectivity index (χ1) is 13.2. The van der Waals surface area contributed by atoms with Crippen molar-refractivity contribution in [1.29, 1.82) is 0 Å². The number of rotatable bonds is 6. The van der Waals surface area contributed by atoms with Gasteiger partial charge < -0.3 is 4.90 Å². The van der Waals surface area contributed by atoms with Gasteiger partial charge in [0.15, 0.2) is 15.0 Å². The lowest BCUT2D eigenvalue weighted by molar-refractivity contribution is 0.0985. The number of likely N-dealkylation sites (N-methyl/N-ethyl adjacent to an activating group) is 1. The molecule has 1 amide bonds. The van der Waals surface area contributed by atoms with Crippen molar-refractivity contribution >= 4 is 54.0 Å². The van der Waals surface area contributed by atoms with Gasteiger partial charge in [0.2, 0.25) is 0 Å². The Morgan fingerprint density at radius 1 is 1.14 bits per heavy atom. The molecule has 28 heavy (non-hydrogen) atoms.